The molecule has 0 radical (unpaired) electrons. The Morgan fingerprint density at radius 1 is 1.17 bits per heavy atom. The van der Waals surface area contributed by atoms with Crippen LogP contribution in [0.3, 0.4) is 0 Å². The van der Waals surface area contributed by atoms with Crippen LogP contribution in [0.25, 0.3) is 20.3 Å². The number of halogens is 4. The van der Waals surface area contributed by atoms with Gasteiger partial charge < -0.3 is 0 Å². The van der Waals surface area contributed by atoms with Gasteiger partial charge in [-0.1, -0.05) is 11.6 Å². The molecule has 1 aromatic carbocycles. The molecule has 0 unspecified atom stereocenters. The number of hydrogen-bond donors (Lipinski definition) is 1. The van der Waals surface area contributed by atoms with Gasteiger partial charge in [0.15, 0.2) is 0 Å². The van der Waals surface area contributed by atoms with Gasteiger partial charge in [-0.2, -0.15) is 13.2 Å². The summed E-state index contributed by atoms with van der Waals surface area (Å²) in [6.07, 6.45) is -3.30. The number of hydrogen-bond acceptors (Lipinski definition) is 4. The molecule has 9 heteroatoms. The molecule has 3 aromatic rings. The zero-order valence-corrected chi connectivity index (χ0v) is 12.5. The number of nitrogens with zero attached hydrogens (tertiary/aromatic N) is 1. The van der Waals surface area contributed by atoms with E-state index in [-0.39, 0.29) is 20.8 Å². The molecular weight excluding hydrogens is 353 g/mol. The minimum atomic E-state index is -4.53. The summed E-state index contributed by atoms with van der Waals surface area (Å²) in [6, 6.07) is 1.80. The number of aromatic nitrogens is 1. The molecule has 0 spiro atoms. The Bertz CT molecular complexity index is 1040. The number of alkyl halides is 3. The zero-order valence-electron chi connectivity index (χ0n) is 10.9. The smallest absolute Gasteiger partial charge is 0.288 e. The van der Waals surface area contributed by atoms with E-state index in [9.17, 15) is 22.8 Å². The van der Waals surface area contributed by atoms with Crippen LogP contribution >= 0.6 is 22.9 Å². The van der Waals surface area contributed by atoms with Gasteiger partial charge in [0.1, 0.15) is 0 Å². The van der Waals surface area contributed by atoms with Crippen molar-refractivity contribution >= 4 is 55.1 Å². The first-order valence-corrected chi connectivity index (χ1v) is 7.44. The van der Waals surface area contributed by atoms with Gasteiger partial charge in [-0.3, -0.25) is 19.9 Å². The van der Waals surface area contributed by atoms with Gasteiger partial charge in [-0.05, 0) is 12.1 Å². The summed E-state index contributed by atoms with van der Waals surface area (Å²) in [5.41, 5.74) is -0.321. The van der Waals surface area contributed by atoms with Crippen LogP contribution in [0.5, 0.6) is 0 Å². The average molecular weight is 357 g/mol. The molecule has 4 rings (SSSR count). The van der Waals surface area contributed by atoms with Crippen LogP contribution in [0.2, 0.25) is 5.02 Å². The van der Waals surface area contributed by atoms with Crippen molar-refractivity contribution in [3.8, 4) is 0 Å². The molecule has 2 amide bonds. The van der Waals surface area contributed by atoms with Gasteiger partial charge in [-0.25, -0.2) is 0 Å². The minimum Gasteiger partial charge on any atom is -0.288 e. The lowest BCUT2D eigenvalue weighted by molar-refractivity contribution is -0.137. The number of imide groups is 1. The van der Waals surface area contributed by atoms with Crippen molar-refractivity contribution in [2.75, 3.05) is 0 Å². The highest BCUT2D eigenvalue weighted by molar-refractivity contribution is 7.26. The fourth-order valence-electron chi connectivity index (χ4n) is 2.57. The molecule has 0 fully saturated rings. The average Bonchev–Trinajstić information content (AvgIpc) is 2.95. The molecule has 4 nitrogen and oxygen atoms in total. The van der Waals surface area contributed by atoms with Gasteiger partial charge in [0.25, 0.3) is 11.8 Å². The highest BCUT2D eigenvalue weighted by Gasteiger charge is 2.34. The number of fused-ring (bicyclic) bond motifs is 5. The number of carbonyl (C=O) groups is 2. The van der Waals surface area contributed by atoms with E-state index in [4.69, 9.17) is 11.6 Å². The highest BCUT2D eigenvalue weighted by Crippen LogP contribution is 2.43. The van der Waals surface area contributed by atoms with E-state index in [1.54, 1.807) is 0 Å². The third-order valence-electron chi connectivity index (χ3n) is 3.56. The van der Waals surface area contributed by atoms with Crippen molar-refractivity contribution in [3.05, 3.63) is 40.0 Å². The molecule has 0 saturated carbocycles. The number of rotatable bonds is 0. The minimum absolute atomic E-state index is 0.0988. The molecule has 23 heavy (non-hydrogen) atoms. The number of amides is 2. The fraction of sp³-hybridized carbons (Fsp3) is 0.0714. The van der Waals surface area contributed by atoms with Crippen molar-refractivity contribution < 1.29 is 22.8 Å². The third-order valence-corrected chi connectivity index (χ3v) is 5.00. The second kappa shape index (κ2) is 4.42. The van der Waals surface area contributed by atoms with E-state index >= 15 is 0 Å². The molecule has 0 bridgehead atoms. The Hall–Kier alpha value is -2.19. The number of carbonyl (C=O) groups excluding carboxylic acids is 2. The van der Waals surface area contributed by atoms with Gasteiger partial charge >= 0.3 is 6.18 Å². The second-order valence-corrected chi connectivity index (χ2v) is 6.40. The van der Waals surface area contributed by atoms with Gasteiger partial charge in [-0.15, -0.1) is 11.3 Å². The van der Waals surface area contributed by atoms with Crippen LogP contribution < -0.4 is 5.32 Å². The van der Waals surface area contributed by atoms with Crippen LogP contribution in [-0.2, 0) is 6.18 Å². The van der Waals surface area contributed by atoms with Crippen molar-refractivity contribution in [1.82, 2.24) is 10.3 Å². The van der Waals surface area contributed by atoms with E-state index in [0.29, 0.717) is 15.6 Å². The van der Waals surface area contributed by atoms with Crippen LogP contribution in [0.1, 0.15) is 26.3 Å². The number of nitrogens with one attached hydrogen (secondary N) is 1. The number of benzene rings is 1. The Kier molecular flexibility index (Phi) is 2.77. The quantitative estimate of drug-likeness (QED) is 0.619. The SMILES string of the molecule is O=C1NC(=O)c2c1cnc1c2sc2cc(C(F)(F)F)cc(Cl)c21. The molecule has 0 atom stereocenters. The summed E-state index contributed by atoms with van der Waals surface area (Å²) in [6.45, 7) is 0. The number of pyridine rings is 1. The molecule has 116 valence electrons. The van der Waals surface area contributed by atoms with Crippen molar-refractivity contribution in [2.24, 2.45) is 0 Å². The normalized spacial score (nSPS) is 14.6. The summed E-state index contributed by atoms with van der Waals surface area (Å²) in [4.78, 5) is 27.7. The van der Waals surface area contributed by atoms with Crippen LogP contribution in [0.15, 0.2) is 18.3 Å². The van der Waals surface area contributed by atoms with E-state index in [1.165, 1.54) is 6.20 Å². The summed E-state index contributed by atoms with van der Waals surface area (Å²) < 4.78 is 39.3. The summed E-state index contributed by atoms with van der Waals surface area (Å²) in [5.74, 6) is -1.16. The second-order valence-electron chi connectivity index (χ2n) is 4.94. The Balaban J connectivity index is 2.13. The maximum absolute atomic E-state index is 12.9. The highest BCUT2D eigenvalue weighted by atomic mass is 35.5. The first-order chi connectivity index (χ1) is 10.8. The lowest BCUT2D eigenvalue weighted by Gasteiger charge is -2.07. The molecule has 0 saturated heterocycles. The molecular formula is C14H4ClF3N2O2S. The Morgan fingerprint density at radius 3 is 2.61 bits per heavy atom. The Morgan fingerprint density at radius 2 is 1.91 bits per heavy atom. The fourth-order valence-corrected chi connectivity index (χ4v) is 4.20. The summed E-state index contributed by atoms with van der Waals surface area (Å²) >= 11 is 6.96. The molecule has 2 aromatic heterocycles. The summed E-state index contributed by atoms with van der Waals surface area (Å²) in [5, 5.41) is 2.39. The van der Waals surface area contributed by atoms with Crippen molar-refractivity contribution in [3.63, 3.8) is 0 Å². The maximum atomic E-state index is 12.9. The van der Waals surface area contributed by atoms with E-state index in [1.807, 2.05) is 0 Å². The van der Waals surface area contributed by atoms with Crippen molar-refractivity contribution in [2.45, 2.75) is 6.18 Å². The molecule has 1 aliphatic rings. The van der Waals surface area contributed by atoms with Gasteiger partial charge in [0.2, 0.25) is 0 Å². The molecule has 1 aliphatic heterocycles. The van der Waals surface area contributed by atoms with Crippen molar-refractivity contribution in [1.29, 1.82) is 0 Å². The first kappa shape index (κ1) is 14.4. The van der Waals surface area contributed by atoms with Gasteiger partial charge in [0.05, 0.1) is 31.9 Å². The Labute approximate surface area is 134 Å². The zero-order chi connectivity index (χ0) is 16.5. The maximum Gasteiger partial charge on any atom is 0.416 e. The van der Waals surface area contributed by atoms with E-state index in [2.05, 4.69) is 10.3 Å². The van der Waals surface area contributed by atoms with Crippen LogP contribution in [0, 0.1) is 0 Å². The predicted molar refractivity (Wildman–Crippen MR) is 78.9 cm³/mol. The monoisotopic (exact) mass is 356 g/mol. The van der Waals surface area contributed by atoms with Crippen LogP contribution in [0.4, 0.5) is 13.2 Å². The number of thiophene rings is 1. The van der Waals surface area contributed by atoms with E-state index < -0.39 is 23.6 Å². The predicted octanol–water partition coefficient (Wildman–Crippen LogP) is 4.01. The molecule has 3 heterocycles. The topological polar surface area (TPSA) is 59.1 Å². The molecule has 1 N–H and O–H groups in total. The summed E-state index contributed by atoms with van der Waals surface area (Å²) in [7, 11) is 0. The lowest BCUT2D eigenvalue weighted by Crippen LogP contribution is -2.19. The lowest BCUT2D eigenvalue weighted by atomic mass is 10.1. The van der Waals surface area contributed by atoms with Crippen LogP contribution in [-0.4, -0.2) is 16.8 Å². The van der Waals surface area contributed by atoms with Gasteiger partial charge in [0, 0.05) is 16.3 Å². The molecule has 0 aliphatic carbocycles. The standard InChI is InChI=1S/C14H4ClF3N2O2S/c15-6-1-4(14(16,17)18)2-7-9(6)10-11(23-7)8-5(3-19-10)12(21)20-13(8)22/h1-3H,(H,20,21,22). The van der Waals surface area contributed by atoms with E-state index in [0.717, 1.165) is 23.5 Å². The largest absolute Gasteiger partial charge is 0.416 e. The first-order valence-electron chi connectivity index (χ1n) is 6.25. The third kappa shape index (κ3) is 1.95.